The van der Waals surface area contributed by atoms with E-state index < -0.39 is 0 Å². The summed E-state index contributed by atoms with van der Waals surface area (Å²) in [6, 6.07) is 3.56. The normalized spacial score (nSPS) is 10.4. The molecule has 4 heteroatoms. The van der Waals surface area contributed by atoms with E-state index in [4.69, 9.17) is 0 Å². The number of thiazole rings is 1. The highest BCUT2D eigenvalue weighted by atomic mass is 32.1. The van der Waals surface area contributed by atoms with Crippen LogP contribution in [0.4, 0.5) is 0 Å². The van der Waals surface area contributed by atoms with Gasteiger partial charge in [-0.3, -0.25) is 4.79 Å². The van der Waals surface area contributed by atoms with Crippen molar-refractivity contribution in [3.8, 4) is 0 Å². The third-order valence-corrected chi connectivity index (χ3v) is 2.60. The Morgan fingerprint density at radius 3 is 3.07 bits per heavy atom. The minimum Gasteiger partial charge on any atom is -0.309 e. The highest BCUT2D eigenvalue weighted by Crippen LogP contribution is 2.02. The summed E-state index contributed by atoms with van der Waals surface area (Å²) in [7, 11) is 0. The molecule has 0 amide bonds. The van der Waals surface area contributed by atoms with Crippen LogP contribution in [0.1, 0.15) is 11.3 Å². The predicted molar refractivity (Wildman–Crippen MR) is 56.7 cm³/mol. The van der Waals surface area contributed by atoms with E-state index in [0.29, 0.717) is 6.54 Å². The topological polar surface area (TPSA) is 34.9 Å². The van der Waals surface area contributed by atoms with Gasteiger partial charge in [-0.05, 0) is 18.6 Å². The third-order valence-electron chi connectivity index (χ3n) is 1.97. The smallest absolute Gasteiger partial charge is 0.251 e. The molecule has 0 aliphatic carbocycles. The molecule has 0 saturated heterocycles. The fourth-order valence-corrected chi connectivity index (χ4v) is 1.78. The Bertz CT molecular complexity index is 473. The molecule has 0 aliphatic rings. The summed E-state index contributed by atoms with van der Waals surface area (Å²) in [5.74, 6) is 0. The number of nitrogens with zero attached hydrogens (tertiary/aromatic N) is 2. The van der Waals surface area contributed by atoms with Gasteiger partial charge in [0.1, 0.15) is 0 Å². The molecule has 0 bridgehead atoms. The van der Waals surface area contributed by atoms with Gasteiger partial charge >= 0.3 is 0 Å². The van der Waals surface area contributed by atoms with Gasteiger partial charge in [-0.2, -0.15) is 0 Å². The third kappa shape index (κ3) is 1.90. The van der Waals surface area contributed by atoms with Gasteiger partial charge in [-0.25, -0.2) is 4.98 Å². The largest absolute Gasteiger partial charge is 0.309 e. The molecule has 3 nitrogen and oxygen atoms in total. The highest BCUT2D eigenvalue weighted by molar-refractivity contribution is 7.07. The van der Waals surface area contributed by atoms with Gasteiger partial charge in [0.25, 0.3) is 5.56 Å². The van der Waals surface area contributed by atoms with E-state index in [1.165, 1.54) is 0 Å². The van der Waals surface area contributed by atoms with Gasteiger partial charge in [0.2, 0.25) is 0 Å². The molecule has 0 radical (unpaired) electrons. The Morgan fingerprint density at radius 1 is 1.57 bits per heavy atom. The molecule has 0 N–H and O–H groups in total. The molecule has 2 aromatic heterocycles. The first-order chi connectivity index (χ1) is 6.75. The maximum Gasteiger partial charge on any atom is 0.251 e. The average molecular weight is 206 g/mol. The molecule has 14 heavy (non-hydrogen) atoms. The van der Waals surface area contributed by atoms with Crippen LogP contribution in [0.3, 0.4) is 0 Å². The first-order valence-electron chi connectivity index (χ1n) is 4.30. The van der Waals surface area contributed by atoms with E-state index in [1.807, 2.05) is 18.4 Å². The second-order valence-corrected chi connectivity index (χ2v) is 3.87. The molecule has 72 valence electrons. The summed E-state index contributed by atoms with van der Waals surface area (Å²) in [5, 5.41) is 1.95. The first kappa shape index (κ1) is 9.15. The quantitative estimate of drug-likeness (QED) is 0.749. The number of aromatic nitrogens is 2. The molecule has 2 heterocycles. The van der Waals surface area contributed by atoms with Crippen LogP contribution in [0.25, 0.3) is 0 Å². The number of hydrogen-bond donors (Lipinski definition) is 0. The molecule has 0 fully saturated rings. The highest BCUT2D eigenvalue weighted by Gasteiger charge is 1.98. The Kier molecular flexibility index (Phi) is 2.45. The lowest BCUT2D eigenvalue weighted by Crippen LogP contribution is -2.19. The Morgan fingerprint density at radius 2 is 2.43 bits per heavy atom. The summed E-state index contributed by atoms with van der Waals surface area (Å²) in [6.45, 7) is 2.47. The predicted octanol–water partition coefficient (Wildman–Crippen LogP) is 1.66. The lowest BCUT2D eigenvalue weighted by atomic mass is 10.3. The van der Waals surface area contributed by atoms with Crippen LogP contribution in [-0.4, -0.2) is 9.55 Å². The van der Waals surface area contributed by atoms with E-state index >= 15 is 0 Å². The van der Waals surface area contributed by atoms with Crippen molar-refractivity contribution in [3.63, 3.8) is 0 Å². The van der Waals surface area contributed by atoms with Crippen LogP contribution in [0.5, 0.6) is 0 Å². The van der Waals surface area contributed by atoms with E-state index in [2.05, 4.69) is 4.98 Å². The molecule has 0 aliphatic heterocycles. The number of pyridine rings is 1. The summed E-state index contributed by atoms with van der Waals surface area (Å²) in [5.41, 5.74) is 3.72. The summed E-state index contributed by atoms with van der Waals surface area (Å²) >= 11 is 1.54. The molecule has 0 spiro atoms. The molecule has 0 aromatic carbocycles. The van der Waals surface area contributed by atoms with E-state index in [0.717, 1.165) is 11.3 Å². The average Bonchev–Trinajstić information content (AvgIpc) is 2.62. The maximum atomic E-state index is 11.5. The molecular formula is C10H10N2OS. The van der Waals surface area contributed by atoms with Crippen molar-refractivity contribution in [3.05, 3.63) is 50.8 Å². The van der Waals surface area contributed by atoms with Crippen LogP contribution in [0, 0.1) is 6.92 Å². The van der Waals surface area contributed by atoms with Crippen molar-refractivity contribution in [2.24, 2.45) is 0 Å². The van der Waals surface area contributed by atoms with Crippen LogP contribution in [0.2, 0.25) is 0 Å². The Balaban J connectivity index is 2.30. The lowest BCUT2D eigenvalue weighted by Gasteiger charge is -2.02. The standard InChI is InChI=1S/C10H10N2OS/c1-8-2-3-12(10(13)4-8)5-9-6-14-7-11-9/h2-4,6-7H,5H2,1H3. The van der Waals surface area contributed by atoms with E-state index in [-0.39, 0.29) is 5.56 Å². The van der Waals surface area contributed by atoms with Crippen LogP contribution < -0.4 is 5.56 Å². The monoisotopic (exact) mass is 206 g/mol. The summed E-state index contributed by atoms with van der Waals surface area (Å²) in [4.78, 5) is 15.6. The van der Waals surface area contributed by atoms with Crippen LogP contribution >= 0.6 is 11.3 Å². The zero-order valence-corrected chi connectivity index (χ0v) is 8.62. The molecule has 0 unspecified atom stereocenters. The van der Waals surface area contributed by atoms with Gasteiger partial charge in [0.15, 0.2) is 0 Å². The minimum absolute atomic E-state index is 0.0259. The van der Waals surface area contributed by atoms with E-state index in [9.17, 15) is 4.79 Å². The Labute approximate surface area is 85.7 Å². The second-order valence-electron chi connectivity index (χ2n) is 3.15. The zero-order chi connectivity index (χ0) is 9.97. The fraction of sp³-hybridized carbons (Fsp3) is 0.200. The van der Waals surface area contributed by atoms with Gasteiger partial charge in [-0.15, -0.1) is 11.3 Å². The first-order valence-corrected chi connectivity index (χ1v) is 5.24. The van der Waals surface area contributed by atoms with Gasteiger partial charge < -0.3 is 4.57 Å². The molecular weight excluding hydrogens is 196 g/mol. The van der Waals surface area contributed by atoms with Crippen molar-refractivity contribution in [2.75, 3.05) is 0 Å². The molecule has 2 aromatic rings. The van der Waals surface area contributed by atoms with Crippen molar-refractivity contribution in [1.82, 2.24) is 9.55 Å². The van der Waals surface area contributed by atoms with E-state index in [1.54, 1.807) is 33.7 Å². The number of rotatable bonds is 2. The minimum atomic E-state index is 0.0259. The van der Waals surface area contributed by atoms with Crippen LogP contribution in [-0.2, 0) is 6.54 Å². The van der Waals surface area contributed by atoms with Crippen molar-refractivity contribution in [2.45, 2.75) is 13.5 Å². The van der Waals surface area contributed by atoms with Gasteiger partial charge in [0.05, 0.1) is 17.7 Å². The molecule has 0 atom stereocenters. The second kappa shape index (κ2) is 3.75. The SMILES string of the molecule is Cc1ccn(Cc2cscn2)c(=O)c1. The van der Waals surface area contributed by atoms with Crippen molar-refractivity contribution >= 4 is 11.3 Å². The fourth-order valence-electron chi connectivity index (χ4n) is 1.23. The lowest BCUT2D eigenvalue weighted by molar-refractivity contribution is 0.742. The molecule has 0 saturated carbocycles. The zero-order valence-electron chi connectivity index (χ0n) is 7.80. The van der Waals surface area contributed by atoms with Crippen molar-refractivity contribution in [1.29, 1.82) is 0 Å². The van der Waals surface area contributed by atoms with Crippen LogP contribution in [0.15, 0.2) is 34.0 Å². The molecule has 2 rings (SSSR count). The Hall–Kier alpha value is -1.42. The summed E-state index contributed by atoms with van der Waals surface area (Å²) in [6.07, 6.45) is 1.80. The summed E-state index contributed by atoms with van der Waals surface area (Å²) < 4.78 is 1.65. The van der Waals surface area contributed by atoms with Gasteiger partial charge in [0, 0.05) is 17.6 Å². The number of hydrogen-bond acceptors (Lipinski definition) is 3. The maximum absolute atomic E-state index is 11.5. The van der Waals surface area contributed by atoms with Crippen molar-refractivity contribution < 1.29 is 0 Å². The number of aryl methyl sites for hydroxylation is 1. The van der Waals surface area contributed by atoms with Gasteiger partial charge in [-0.1, -0.05) is 0 Å².